The minimum Gasteiger partial charge on any atom is -0.363 e. The summed E-state index contributed by atoms with van der Waals surface area (Å²) in [6.07, 6.45) is 4.63. The predicted molar refractivity (Wildman–Crippen MR) is 66.0 cm³/mol. The Morgan fingerprint density at radius 1 is 1.50 bits per heavy atom. The first kappa shape index (κ1) is 12.8. The minimum absolute atomic E-state index is 0.168. The van der Waals surface area contributed by atoms with E-state index in [9.17, 15) is 8.42 Å². The van der Waals surface area contributed by atoms with Crippen molar-refractivity contribution in [1.82, 2.24) is 19.7 Å². The average molecular weight is 269 g/mol. The molecule has 2 rings (SSSR count). The van der Waals surface area contributed by atoms with Crippen molar-refractivity contribution >= 4 is 10.0 Å². The first-order valence-corrected chi connectivity index (χ1v) is 6.90. The molecule has 0 spiro atoms. The smallest absolute Gasteiger partial charge is 0.242 e. The fraction of sp³-hybridized carbons (Fsp3) is 0.300. The van der Waals surface area contributed by atoms with E-state index in [2.05, 4.69) is 19.7 Å². The molecule has 0 saturated heterocycles. The van der Waals surface area contributed by atoms with Crippen LogP contribution in [0.4, 0.5) is 0 Å². The van der Waals surface area contributed by atoms with E-state index >= 15 is 0 Å². The molecule has 2 aromatic rings. The molecule has 0 saturated carbocycles. The molecule has 0 aliphatic carbocycles. The number of H-pyrrole nitrogens is 2. The standard InChI is InChI=1S/C10H15N5O2S/c1-7(10-12-2-3-13-10)15-18(16,17)9-4-8(5-11)14-6-9/h2-4,6-7,14-15H,5,11H2,1H3,(H,12,13). The summed E-state index contributed by atoms with van der Waals surface area (Å²) in [5.41, 5.74) is 6.09. The van der Waals surface area contributed by atoms with Crippen molar-refractivity contribution < 1.29 is 8.42 Å². The van der Waals surface area contributed by atoms with Crippen molar-refractivity contribution in [2.75, 3.05) is 0 Å². The lowest BCUT2D eigenvalue weighted by Gasteiger charge is -2.10. The van der Waals surface area contributed by atoms with Crippen LogP contribution in [0, 0.1) is 0 Å². The largest absolute Gasteiger partial charge is 0.363 e. The molecule has 1 unspecified atom stereocenters. The second-order valence-corrected chi connectivity index (χ2v) is 5.60. The Morgan fingerprint density at radius 2 is 2.28 bits per heavy atom. The molecular weight excluding hydrogens is 254 g/mol. The Balaban J connectivity index is 2.17. The van der Waals surface area contributed by atoms with Crippen LogP contribution >= 0.6 is 0 Å². The van der Waals surface area contributed by atoms with Gasteiger partial charge in [0.2, 0.25) is 10.0 Å². The number of nitrogens with two attached hydrogens (primary N) is 1. The van der Waals surface area contributed by atoms with Crippen molar-refractivity contribution in [1.29, 1.82) is 0 Å². The summed E-state index contributed by atoms with van der Waals surface area (Å²) >= 11 is 0. The number of sulfonamides is 1. The molecule has 0 radical (unpaired) electrons. The van der Waals surface area contributed by atoms with Gasteiger partial charge in [0.25, 0.3) is 0 Å². The third-order valence-corrected chi connectivity index (χ3v) is 4.03. The van der Waals surface area contributed by atoms with Crippen LogP contribution in [0.15, 0.2) is 29.6 Å². The maximum Gasteiger partial charge on any atom is 0.242 e. The molecule has 0 fully saturated rings. The minimum atomic E-state index is -3.57. The molecule has 0 amide bonds. The van der Waals surface area contributed by atoms with Crippen molar-refractivity contribution in [3.63, 3.8) is 0 Å². The van der Waals surface area contributed by atoms with Gasteiger partial charge in [-0.3, -0.25) is 0 Å². The third-order valence-electron chi connectivity index (χ3n) is 2.51. The molecule has 0 aromatic carbocycles. The molecule has 1 atom stereocenters. The zero-order valence-electron chi connectivity index (χ0n) is 9.84. The molecule has 2 aromatic heterocycles. The van der Waals surface area contributed by atoms with Gasteiger partial charge in [0, 0.05) is 30.8 Å². The first-order valence-electron chi connectivity index (χ1n) is 5.42. The Bertz CT molecular complexity index is 602. The van der Waals surface area contributed by atoms with Gasteiger partial charge < -0.3 is 15.7 Å². The Kier molecular flexibility index (Phi) is 3.50. The van der Waals surface area contributed by atoms with Crippen LogP contribution < -0.4 is 10.5 Å². The summed E-state index contributed by atoms with van der Waals surface area (Å²) in [4.78, 5) is 9.84. The average Bonchev–Trinajstić information content (AvgIpc) is 3.00. The SMILES string of the molecule is CC(NS(=O)(=O)c1c[nH]c(CN)c1)c1ncc[nH]1. The van der Waals surface area contributed by atoms with Crippen LogP contribution in [0.2, 0.25) is 0 Å². The van der Waals surface area contributed by atoms with Crippen LogP contribution in [-0.4, -0.2) is 23.4 Å². The number of imidazole rings is 1. The summed E-state index contributed by atoms with van der Waals surface area (Å²) in [5.74, 6) is 0.563. The number of rotatable bonds is 5. The van der Waals surface area contributed by atoms with Crippen molar-refractivity contribution in [2.45, 2.75) is 24.4 Å². The van der Waals surface area contributed by atoms with E-state index in [1.165, 1.54) is 12.3 Å². The van der Waals surface area contributed by atoms with Gasteiger partial charge in [-0.15, -0.1) is 0 Å². The van der Waals surface area contributed by atoms with Crippen LogP contribution in [-0.2, 0) is 16.6 Å². The lowest BCUT2D eigenvalue weighted by molar-refractivity contribution is 0.561. The number of aromatic amines is 2. The summed E-state index contributed by atoms with van der Waals surface area (Å²) in [5, 5.41) is 0. The quantitative estimate of drug-likeness (QED) is 0.621. The molecule has 2 heterocycles. The fourth-order valence-electron chi connectivity index (χ4n) is 1.56. The predicted octanol–water partition coefficient (Wildman–Crippen LogP) is 0.236. The number of nitrogens with zero attached hydrogens (tertiary/aromatic N) is 1. The molecule has 98 valence electrons. The van der Waals surface area contributed by atoms with E-state index in [0.717, 1.165) is 0 Å². The maximum atomic E-state index is 12.1. The third kappa shape index (κ3) is 2.61. The van der Waals surface area contributed by atoms with Gasteiger partial charge >= 0.3 is 0 Å². The summed E-state index contributed by atoms with van der Waals surface area (Å²) in [7, 11) is -3.57. The molecular formula is C10H15N5O2S. The summed E-state index contributed by atoms with van der Waals surface area (Å²) in [6, 6.07) is 1.08. The Hall–Kier alpha value is -1.64. The van der Waals surface area contributed by atoms with E-state index < -0.39 is 16.1 Å². The lowest BCUT2D eigenvalue weighted by Crippen LogP contribution is -2.27. The molecule has 0 aliphatic rings. The summed E-state index contributed by atoms with van der Waals surface area (Å²) < 4.78 is 26.6. The van der Waals surface area contributed by atoms with Crippen LogP contribution in [0.3, 0.4) is 0 Å². The van der Waals surface area contributed by atoms with Gasteiger partial charge in [-0.1, -0.05) is 0 Å². The van der Waals surface area contributed by atoms with Gasteiger partial charge in [0.1, 0.15) is 5.82 Å². The highest BCUT2D eigenvalue weighted by Gasteiger charge is 2.20. The molecule has 18 heavy (non-hydrogen) atoms. The van der Waals surface area contributed by atoms with Gasteiger partial charge in [-0.2, -0.15) is 0 Å². The normalized spacial score (nSPS) is 13.7. The van der Waals surface area contributed by atoms with E-state index in [-0.39, 0.29) is 11.4 Å². The van der Waals surface area contributed by atoms with E-state index in [1.54, 1.807) is 19.3 Å². The fourth-order valence-corrected chi connectivity index (χ4v) is 2.79. The number of hydrogen-bond acceptors (Lipinski definition) is 4. The van der Waals surface area contributed by atoms with Crippen LogP contribution in [0.25, 0.3) is 0 Å². The van der Waals surface area contributed by atoms with E-state index in [1.807, 2.05) is 0 Å². The van der Waals surface area contributed by atoms with E-state index in [4.69, 9.17) is 5.73 Å². The topological polar surface area (TPSA) is 117 Å². The number of hydrogen-bond donors (Lipinski definition) is 4. The van der Waals surface area contributed by atoms with Crippen LogP contribution in [0.5, 0.6) is 0 Å². The summed E-state index contributed by atoms with van der Waals surface area (Å²) in [6.45, 7) is 1.98. The second-order valence-electron chi connectivity index (χ2n) is 3.88. The maximum absolute atomic E-state index is 12.1. The van der Waals surface area contributed by atoms with Gasteiger partial charge in [0.05, 0.1) is 10.9 Å². The lowest BCUT2D eigenvalue weighted by atomic mass is 10.3. The van der Waals surface area contributed by atoms with E-state index in [0.29, 0.717) is 11.5 Å². The Labute approximate surface area is 105 Å². The molecule has 5 N–H and O–H groups in total. The Morgan fingerprint density at radius 3 is 2.83 bits per heavy atom. The first-order chi connectivity index (χ1) is 8.53. The highest BCUT2D eigenvalue weighted by atomic mass is 32.2. The highest BCUT2D eigenvalue weighted by molar-refractivity contribution is 7.89. The van der Waals surface area contributed by atoms with Crippen molar-refractivity contribution in [3.05, 3.63) is 36.2 Å². The highest BCUT2D eigenvalue weighted by Crippen LogP contribution is 2.14. The van der Waals surface area contributed by atoms with Crippen molar-refractivity contribution in [2.24, 2.45) is 5.73 Å². The number of nitrogens with one attached hydrogen (secondary N) is 3. The second kappa shape index (κ2) is 4.92. The molecule has 8 heteroatoms. The van der Waals surface area contributed by atoms with Gasteiger partial charge in [-0.25, -0.2) is 18.1 Å². The molecule has 0 aliphatic heterocycles. The molecule has 0 bridgehead atoms. The van der Waals surface area contributed by atoms with Crippen LogP contribution in [0.1, 0.15) is 24.5 Å². The van der Waals surface area contributed by atoms with Crippen molar-refractivity contribution in [3.8, 4) is 0 Å². The molecule has 7 nitrogen and oxygen atoms in total. The van der Waals surface area contributed by atoms with Gasteiger partial charge in [-0.05, 0) is 13.0 Å². The van der Waals surface area contributed by atoms with Gasteiger partial charge in [0.15, 0.2) is 0 Å². The zero-order valence-corrected chi connectivity index (χ0v) is 10.7. The zero-order chi connectivity index (χ0) is 13.2. The number of aromatic nitrogens is 3. The monoisotopic (exact) mass is 269 g/mol.